The summed E-state index contributed by atoms with van der Waals surface area (Å²) in [4.78, 5) is 43.9. The Hall–Kier alpha value is -2.50. The lowest BCUT2D eigenvalue weighted by Gasteiger charge is -2.45. The lowest BCUT2D eigenvalue weighted by Crippen LogP contribution is -2.52. The SMILES string of the molecule is CC(=O)c1ccc(F)c(C23COCCC2CSC(N(C(=O)OC(C)(C)C)C(=O)OC(C)(C)C)=N3)c1.COC. The molecule has 2 amide bonds. The number of ketones is 1. The zero-order valence-corrected chi connectivity index (χ0v) is 24.5. The minimum atomic E-state index is -1.23. The van der Waals surface area contributed by atoms with Crippen molar-refractivity contribution in [2.45, 2.75) is 71.6 Å². The molecule has 2 heterocycles. The Morgan fingerprint density at radius 2 is 1.63 bits per heavy atom. The summed E-state index contributed by atoms with van der Waals surface area (Å²) in [5, 5.41) is 0.0304. The van der Waals surface area contributed by atoms with Crippen LogP contribution in [-0.4, -0.2) is 72.4 Å². The lowest BCUT2D eigenvalue weighted by molar-refractivity contribution is 0.000286. The van der Waals surface area contributed by atoms with Gasteiger partial charge in [0.05, 0.1) is 6.61 Å². The van der Waals surface area contributed by atoms with E-state index >= 15 is 4.39 Å². The van der Waals surface area contributed by atoms with E-state index in [1.807, 2.05) is 0 Å². The molecule has 2 aliphatic rings. The van der Waals surface area contributed by atoms with Crippen LogP contribution in [0, 0.1) is 11.7 Å². The number of carbonyl (C=O) groups is 3. The molecule has 2 aliphatic heterocycles. The standard InChI is InChI=1S/C25H33FN2O6S.C2H6O/c1-15(29)16-8-9-19(26)18(12-16)25-14-32-11-10-17(25)13-35-20(27-25)28(21(30)33-23(2,3)4)22(31)34-24(5,6)7;1-3-2/h8-9,12,17H,10-11,13-14H2,1-7H3;1-2H3. The maximum atomic E-state index is 15.2. The Morgan fingerprint density at radius 1 is 1.08 bits per heavy atom. The number of rotatable bonds is 2. The zero-order valence-electron chi connectivity index (χ0n) is 23.7. The Morgan fingerprint density at radius 3 is 2.13 bits per heavy atom. The average Bonchev–Trinajstić information content (AvgIpc) is 2.77. The first-order chi connectivity index (χ1) is 17.5. The molecule has 9 nitrogen and oxygen atoms in total. The van der Waals surface area contributed by atoms with E-state index < -0.39 is 34.7 Å². The van der Waals surface area contributed by atoms with Crippen LogP contribution in [0.5, 0.6) is 0 Å². The molecule has 0 aromatic heterocycles. The summed E-state index contributed by atoms with van der Waals surface area (Å²) in [5.41, 5.74) is -2.45. The van der Waals surface area contributed by atoms with E-state index in [0.717, 1.165) is 4.90 Å². The van der Waals surface area contributed by atoms with Crippen LogP contribution in [0.3, 0.4) is 0 Å². The van der Waals surface area contributed by atoms with Crippen LogP contribution < -0.4 is 0 Å². The van der Waals surface area contributed by atoms with Crippen LogP contribution in [-0.2, 0) is 24.5 Å². The first kappa shape index (κ1) is 31.7. The van der Waals surface area contributed by atoms with Crippen LogP contribution >= 0.6 is 11.8 Å². The second kappa shape index (κ2) is 12.6. The number of halogens is 1. The van der Waals surface area contributed by atoms with Gasteiger partial charge in [-0.3, -0.25) is 4.79 Å². The highest BCUT2D eigenvalue weighted by molar-refractivity contribution is 8.13. The van der Waals surface area contributed by atoms with Crippen molar-refractivity contribution < 1.29 is 37.7 Å². The summed E-state index contributed by atoms with van der Waals surface area (Å²) in [6.45, 7) is 12.0. The molecule has 2 atom stereocenters. The molecule has 0 radical (unpaired) electrons. The van der Waals surface area contributed by atoms with E-state index in [1.165, 1.54) is 36.9 Å². The van der Waals surface area contributed by atoms with Crippen molar-refractivity contribution in [1.29, 1.82) is 0 Å². The van der Waals surface area contributed by atoms with E-state index in [9.17, 15) is 14.4 Å². The van der Waals surface area contributed by atoms with Gasteiger partial charge in [-0.25, -0.2) is 19.0 Å². The molecule has 0 spiro atoms. The van der Waals surface area contributed by atoms with Crippen molar-refractivity contribution in [1.82, 2.24) is 4.90 Å². The number of hydrogen-bond donors (Lipinski definition) is 0. The van der Waals surface area contributed by atoms with E-state index in [2.05, 4.69) is 4.74 Å². The molecular weight excluding hydrogens is 515 g/mol. The van der Waals surface area contributed by atoms with Gasteiger partial charge in [-0.05, 0) is 73.1 Å². The van der Waals surface area contributed by atoms with Gasteiger partial charge in [0.2, 0.25) is 0 Å². The summed E-state index contributed by atoms with van der Waals surface area (Å²) >= 11 is 1.20. The molecule has 0 N–H and O–H groups in total. The van der Waals surface area contributed by atoms with Gasteiger partial charge in [-0.1, -0.05) is 11.8 Å². The number of fused-ring (bicyclic) bond motifs is 1. The summed E-state index contributed by atoms with van der Waals surface area (Å²) in [6, 6.07) is 4.15. The predicted molar refractivity (Wildman–Crippen MR) is 144 cm³/mol. The number of methoxy groups -OCH3 is 1. The lowest BCUT2D eigenvalue weighted by atomic mass is 9.76. The monoisotopic (exact) mass is 554 g/mol. The second-order valence-electron chi connectivity index (χ2n) is 11.1. The summed E-state index contributed by atoms with van der Waals surface area (Å²) < 4.78 is 36.2. The number of thioether (sulfide) groups is 1. The van der Waals surface area contributed by atoms with Crippen LogP contribution in [0.1, 0.15) is 70.8 Å². The Kier molecular flexibility index (Phi) is 10.5. The largest absolute Gasteiger partial charge is 0.443 e. The number of nitrogens with zero attached hydrogens (tertiary/aromatic N) is 2. The topological polar surface area (TPSA) is 104 Å². The van der Waals surface area contributed by atoms with Crippen LogP contribution in [0.4, 0.5) is 14.0 Å². The smallest absolute Gasteiger partial charge is 0.426 e. The highest BCUT2D eigenvalue weighted by Crippen LogP contribution is 2.46. The van der Waals surface area contributed by atoms with Crippen LogP contribution in [0.2, 0.25) is 0 Å². The minimum absolute atomic E-state index is 0.0304. The molecule has 3 rings (SSSR count). The van der Waals surface area contributed by atoms with Gasteiger partial charge in [0, 0.05) is 43.6 Å². The molecule has 1 aromatic carbocycles. The summed E-state index contributed by atoms with van der Waals surface area (Å²) in [7, 11) is 3.25. The Balaban J connectivity index is 0.00000161. The van der Waals surface area contributed by atoms with E-state index in [-0.39, 0.29) is 29.0 Å². The fraction of sp³-hybridized carbons (Fsp3) is 0.630. The normalized spacial score (nSPS) is 21.2. The highest BCUT2D eigenvalue weighted by atomic mass is 32.2. The van der Waals surface area contributed by atoms with Gasteiger partial charge in [-0.15, -0.1) is 0 Å². The maximum Gasteiger partial charge on any atom is 0.426 e. The van der Waals surface area contributed by atoms with E-state index in [0.29, 0.717) is 24.3 Å². The zero-order chi connectivity index (χ0) is 28.9. The molecule has 212 valence electrons. The van der Waals surface area contributed by atoms with Gasteiger partial charge in [0.1, 0.15) is 22.6 Å². The molecular formula is C27H39FN2O7S. The number of amides is 2. The molecule has 0 bridgehead atoms. The van der Waals surface area contributed by atoms with Crippen molar-refractivity contribution in [3.63, 3.8) is 0 Å². The molecule has 2 unspecified atom stereocenters. The number of ether oxygens (including phenoxy) is 4. The molecule has 0 aliphatic carbocycles. The summed E-state index contributed by atoms with van der Waals surface area (Å²) in [5.74, 6) is -0.439. The molecule has 11 heteroatoms. The Bertz CT molecular complexity index is 1040. The van der Waals surface area contributed by atoms with Gasteiger partial charge in [-0.2, -0.15) is 4.90 Å². The fourth-order valence-electron chi connectivity index (χ4n) is 3.93. The van der Waals surface area contributed by atoms with E-state index in [4.69, 9.17) is 19.2 Å². The van der Waals surface area contributed by atoms with Crippen molar-refractivity contribution in [3.8, 4) is 0 Å². The number of Topliss-reactive ketones (excluding diaryl/α,β-unsaturated/α-hetero) is 1. The van der Waals surface area contributed by atoms with E-state index in [1.54, 1.807) is 55.8 Å². The van der Waals surface area contributed by atoms with Crippen LogP contribution in [0.15, 0.2) is 23.2 Å². The molecule has 0 saturated carbocycles. The van der Waals surface area contributed by atoms with Crippen LogP contribution in [0.25, 0.3) is 0 Å². The number of amidine groups is 1. The van der Waals surface area contributed by atoms with Crippen molar-refractivity contribution >= 4 is 34.9 Å². The Labute approximate surface area is 228 Å². The minimum Gasteiger partial charge on any atom is -0.443 e. The van der Waals surface area contributed by atoms with Crippen molar-refractivity contribution in [2.24, 2.45) is 10.9 Å². The van der Waals surface area contributed by atoms with Gasteiger partial charge >= 0.3 is 12.2 Å². The molecule has 1 saturated heterocycles. The van der Waals surface area contributed by atoms with Gasteiger partial charge in [0.15, 0.2) is 11.0 Å². The predicted octanol–water partition coefficient (Wildman–Crippen LogP) is 5.80. The average molecular weight is 555 g/mol. The van der Waals surface area contributed by atoms with Crippen molar-refractivity contribution in [3.05, 3.63) is 35.1 Å². The molecule has 38 heavy (non-hydrogen) atoms. The fourth-order valence-corrected chi connectivity index (χ4v) is 5.23. The molecule has 1 fully saturated rings. The number of hydrogen-bond acceptors (Lipinski definition) is 9. The van der Waals surface area contributed by atoms with Gasteiger partial charge < -0.3 is 18.9 Å². The maximum absolute atomic E-state index is 15.2. The molecule has 1 aromatic rings. The number of aliphatic imine (C=N–C) groups is 1. The number of benzene rings is 1. The van der Waals surface area contributed by atoms with Gasteiger partial charge in [0.25, 0.3) is 0 Å². The number of carbonyl (C=O) groups excluding carboxylic acids is 3. The third kappa shape index (κ3) is 8.00. The first-order valence-corrected chi connectivity index (χ1v) is 13.3. The summed E-state index contributed by atoms with van der Waals surface area (Å²) in [6.07, 6.45) is -1.28. The highest BCUT2D eigenvalue weighted by Gasteiger charge is 2.50. The number of imide groups is 1. The first-order valence-electron chi connectivity index (χ1n) is 12.3. The third-order valence-corrected chi connectivity index (χ3v) is 6.60. The quantitative estimate of drug-likeness (QED) is 0.423. The second-order valence-corrected chi connectivity index (χ2v) is 12.1. The van der Waals surface area contributed by atoms with Crippen molar-refractivity contribution in [2.75, 3.05) is 33.2 Å². The third-order valence-electron chi connectivity index (χ3n) is 5.50.